The van der Waals surface area contributed by atoms with Crippen LogP contribution in [-0.4, -0.2) is 5.78 Å². The molecule has 0 spiro atoms. The van der Waals surface area contributed by atoms with E-state index in [2.05, 4.69) is 36.4 Å². The molecule has 0 saturated carbocycles. The third-order valence-electron chi connectivity index (χ3n) is 5.36. The van der Waals surface area contributed by atoms with Crippen LogP contribution < -0.4 is 0 Å². The summed E-state index contributed by atoms with van der Waals surface area (Å²) in [6, 6.07) is 26.5. The predicted molar refractivity (Wildman–Crippen MR) is 116 cm³/mol. The third-order valence-corrected chi connectivity index (χ3v) is 5.36. The zero-order chi connectivity index (χ0) is 19.1. The molecule has 0 atom stereocenters. The molecule has 0 aliphatic rings. The standard InChI is InChI=1S/C26H20O2/c1-2-9-22(27)25-18-11-4-6-13-20(18)26(21-14-7-5-12-19(21)25)24-16-17-10-3-8-15-23(17)28-24/h3-8,10-16H,2,9H2,1H3. The van der Waals surface area contributed by atoms with Crippen molar-refractivity contribution in [1.82, 2.24) is 0 Å². The molecule has 0 fully saturated rings. The van der Waals surface area contributed by atoms with Gasteiger partial charge in [-0.25, -0.2) is 0 Å². The highest BCUT2D eigenvalue weighted by molar-refractivity contribution is 6.24. The van der Waals surface area contributed by atoms with Crippen LogP contribution in [0.4, 0.5) is 0 Å². The Morgan fingerprint density at radius 2 is 1.36 bits per heavy atom. The van der Waals surface area contributed by atoms with Crippen molar-refractivity contribution < 1.29 is 9.21 Å². The molecule has 0 aliphatic heterocycles. The lowest BCUT2D eigenvalue weighted by atomic mass is 9.88. The van der Waals surface area contributed by atoms with Crippen molar-refractivity contribution >= 4 is 38.3 Å². The van der Waals surface area contributed by atoms with Crippen molar-refractivity contribution in [2.24, 2.45) is 0 Å². The Bertz CT molecular complexity index is 1250. The lowest BCUT2D eigenvalue weighted by Gasteiger charge is -2.15. The van der Waals surface area contributed by atoms with E-state index in [0.717, 1.165) is 55.8 Å². The van der Waals surface area contributed by atoms with Crippen LogP contribution >= 0.6 is 0 Å². The van der Waals surface area contributed by atoms with Crippen LogP contribution in [0.2, 0.25) is 0 Å². The molecule has 0 radical (unpaired) electrons. The summed E-state index contributed by atoms with van der Waals surface area (Å²) in [7, 11) is 0. The molecular formula is C26H20O2. The molecule has 0 unspecified atom stereocenters. The molecule has 5 rings (SSSR count). The molecule has 0 amide bonds. The van der Waals surface area contributed by atoms with E-state index >= 15 is 0 Å². The summed E-state index contributed by atoms with van der Waals surface area (Å²) >= 11 is 0. The summed E-state index contributed by atoms with van der Waals surface area (Å²) in [6.45, 7) is 2.05. The van der Waals surface area contributed by atoms with Gasteiger partial charge in [0.25, 0.3) is 0 Å². The number of carbonyl (C=O) groups excluding carboxylic acids is 1. The average molecular weight is 364 g/mol. The molecule has 2 heteroatoms. The van der Waals surface area contributed by atoms with Crippen LogP contribution in [0, 0.1) is 0 Å². The van der Waals surface area contributed by atoms with Gasteiger partial charge in [-0.05, 0) is 40.1 Å². The van der Waals surface area contributed by atoms with Gasteiger partial charge in [-0.1, -0.05) is 73.7 Å². The number of furan rings is 1. The molecular weight excluding hydrogens is 344 g/mol. The molecule has 136 valence electrons. The Morgan fingerprint density at radius 3 is 1.96 bits per heavy atom. The minimum Gasteiger partial charge on any atom is -0.456 e. The van der Waals surface area contributed by atoms with Crippen LogP contribution in [-0.2, 0) is 0 Å². The predicted octanol–water partition coefficient (Wildman–Crippen LogP) is 7.39. The Labute approximate surface area is 163 Å². The normalized spacial score (nSPS) is 11.5. The lowest BCUT2D eigenvalue weighted by Crippen LogP contribution is -2.02. The van der Waals surface area contributed by atoms with Gasteiger partial charge in [0.15, 0.2) is 5.78 Å². The second-order valence-electron chi connectivity index (χ2n) is 7.16. The van der Waals surface area contributed by atoms with Gasteiger partial charge in [-0.3, -0.25) is 4.79 Å². The monoisotopic (exact) mass is 364 g/mol. The van der Waals surface area contributed by atoms with Gasteiger partial charge < -0.3 is 4.42 Å². The highest BCUT2D eigenvalue weighted by atomic mass is 16.3. The molecule has 1 aromatic heterocycles. The average Bonchev–Trinajstić information content (AvgIpc) is 3.15. The number of hydrogen-bond acceptors (Lipinski definition) is 2. The smallest absolute Gasteiger partial charge is 0.164 e. The molecule has 5 aromatic rings. The second kappa shape index (κ2) is 6.65. The fourth-order valence-electron chi connectivity index (χ4n) is 4.15. The van der Waals surface area contributed by atoms with E-state index in [4.69, 9.17) is 4.42 Å². The first kappa shape index (κ1) is 16.8. The van der Waals surface area contributed by atoms with Crippen LogP contribution in [0.1, 0.15) is 30.1 Å². The summed E-state index contributed by atoms with van der Waals surface area (Å²) in [4.78, 5) is 13.0. The number of ketones is 1. The van der Waals surface area contributed by atoms with E-state index in [9.17, 15) is 4.79 Å². The van der Waals surface area contributed by atoms with Crippen LogP contribution in [0.15, 0.2) is 83.3 Å². The van der Waals surface area contributed by atoms with Crippen LogP contribution in [0.3, 0.4) is 0 Å². The van der Waals surface area contributed by atoms with E-state index in [1.54, 1.807) is 0 Å². The largest absolute Gasteiger partial charge is 0.456 e. The highest BCUT2D eigenvalue weighted by Gasteiger charge is 2.20. The van der Waals surface area contributed by atoms with E-state index in [0.29, 0.717) is 6.42 Å². The summed E-state index contributed by atoms with van der Waals surface area (Å²) in [5.74, 6) is 1.04. The number of para-hydroxylation sites is 1. The van der Waals surface area contributed by atoms with Crippen molar-refractivity contribution in [3.05, 3.63) is 84.4 Å². The van der Waals surface area contributed by atoms with Gasteiger partial charge in [-0.2, -0.15) is 0 Å². The lowest BCUT2D eigenvalue weighted by molar-refractivity contribution is 0.0985. The van der Waals surface area contributed by atoms with Gasteiger partial charge in [0, 0.05) is 22.9 Å². The molecule has 0 saturated heterocycles. The van der Waals surface area contributed by atoms with Gasteiger partial charge >= 0.3 is 0 Å². The van der Waals surface area contributed by atoms with Crippen LogP contribution in [0.25, 0.3) is 43.8 Å². The molecule has 4 aromatic carbocycles. The number of fused-ring (bicyclic) bond motifs is 3. The van der Waals surface area contributed by atoms with Crippen molar-refractivity contribution in [1.29, 1.82) is 0 Å². The Kier molecular flexibility index (Phi) is 3.98. The number of hydrogen-bond donors (Lipinski definition) is 0. The van der Waals surface area contributed by atoms with Crippen molar-refractivity contribution in [2.45, 2.75) is 19.8 Å². The van der Waals surface area contributed by atoms with E-state index in [1.807, 2.05) is 49.4 Å². The minimum absolute atomic E-state index is 0.200. The maximum Gasteiger partial charge on any atom is 0.164 e. The van der Waals surface area contributed by atoms with Gasteiger partial charge in [0.2, 0.25) is 0 Å². The SMILES string of the molecule is CCCC(=O)c1c2ccccc2c(-c2cc3ccccc3o2)c2ccccc12. The molecule has 0 bridgehead atoms. The van der Waals surface area contributed by atoms with E-state index in [-0.39, 0.29) is 5.78 Å². The first-order valence-electron chi connectivity index (χ1n) is 9.73. The summed E-state index contributed by atoms with van der Waals surface area (Å²) in [6.07, 6.45) is 1.39. The number of Topliss-reactive ketones (excluding diaryl/α,β-unsaturated/α-hetero) is 1. The van der Waals surface area contributed by atoms with Gasteiger partial charge in [0.05, 0.1) is 0 Å². The van der Waals surface area contributed by atoms with E-state index < -0.39 is 0 Å². The first-order valence-corrected chi connectivity index (χ1v) is 9.73. The van der Waals surface area contributed by atoms with Crippen molar-refractivity contribution in [3.8, 4) is 11.3 Å². The first-order chi connectivity index (χ1) is 13.8. The maximum absolute atomic E-state index is 13.0. The Balaban J connectivity index is 1.94. The Morgan fingerprint density at radius 1 is 0.786 bits per heavy atom. The van der Waals surface area contributed by atoms with Crippen molar-refractivity contribution in [2.75, 3.05) is 0 Å². The summed E-state index contributed by atoms with van der Waals surface area (Å²) in [5.41, 5.74) is 2.75. The van der Waals surface area contributed by atoms with Crippen molar-refractivity contribution in [3.63, 3.8) is 0 Å². The third kappa shape index (κ3) is 2.53. The summed E-state index contributed by atoms with van der Waals surface area (Å²) < 4.78 is 6.23. The zero-order valence-electron chi connectivity index (χ0n) is 15.7. The molecule has 0 N–H and O–H groups in total. The topological polar surface area (TPSA) is 30.2 Å². The highest BCUT2D eigenvalue weighted by Crippen LogP contribution is 2.41. The second-order valence-corrected chi connectivity index (χ2v) is 7.16. The number of carbonyl (C=O) groups is 1. The molecule has 28 heavy (non-hydrogen) atoms. The van der Waals surface area contributed by atoms with E-state index in [1.165, 1.54) is 0 Å². The molecule has 1 heterocycles. The Hall–Kier alpha value is -3.39. The fraction of sp³-hybridized carbons (Fsp3) is 0.115. The number of benzene rings is 4. The number of rotatable bonds is 4. The summed E-state index contributed by atoms with van der Waals surface area (Å²) in [5, 5.41) is 5.18. The van der Waals surface area contributed by atoms with Gasteiger partial charge in [-0.15, -0.1) is 0 Å². The zero-order valence-corrected chi connectivity index (χ0v) is 15.7. The molecule has 0 aliphatic carbocycles. The quantitative estimate of drug-likeness (QED) is 0.246. The van der Waals surface area contributed by atoms with Crippen LogP contribution in [0.5, 0.6) is 0 Å². The fourth-order valence-corrected chi connectivity index (χ4v) is 4.15. The van der Waals surface area contributed by atoms with Gasteiger partial charge in [0.1, 0.15) is 11.3 Å². The molecule has 2 nitrogen and oxygen atoms in total. The maximum atomic E-state index is 13.0. The minimum atomic E-state index is 0.200.